The molecule has 2 aromatic rings. The Kier molecular flexibility index (Phi) is 3.96. The van der Waals surface area contributed by atoms with Crippen LogP contribution in [0.2, 0.25) is 10.3 Å². The predicted octanol–water partition coefficient (Wildman–Crippen LogP) is 2.85. The molecule has 1 fully saturated rings. The summed E-state index contributed by atoms with van der Waals surface area (Å²) in [5, 5.41) is 4.48. The second-order valence-corrected chi connectivity index (χ2v) is 5.82. The van der Waals surface area contributed by atoms with Crippen molar-refractivity contribution < 1.29 is 0 Å². The molecule has 0 radical (unpaired) electrons. The van der Waals surface area contributed by atoms with Crippen LogP contribution in [0.1, 0.15) is 19.3 Å². The number of hydrogen-bond donors (Lipinski definition) is 1. The van der Waals surface area contributed by atoms with Gasteiger partial charge in [-0.05, 0) is 43.1 Å². The summed E-state index contributed by atoms with van der Waals surface area (Å²) in [7, 11) is 0. The highest BCUT2D eigenvalue weighted by Crippen LogP contribution is 2.20. The van der Waals surface area contributed by atoms with E-state index in [0.29, 0.717) is 22.5 Å². The van der Waals surface area contributed by atoms with E-state index in [0.717, 1.165) is 13.0 Å². The fourth-order valence-corrected chi connectivity index (χ4v) is 3.14. The monoisotopic (exact) mass is 311 g/mol. The SMILES string of the molecule is O=c1c2c(Cl)cccc2nc(Cl)n1CC1CCCCN1. The lowest BCUT2D eigenvalue weighted by Gasteiger charge is -2.24. The highest BCUT2D eigenvalue weighted by atomic mass is 35.5. The van der Waals surface area contributed by atoms with Crippen LogP contribution in [0.25, 0.3) is 10.9 Å². The zero-order valence-electron chi connectivity index (χ0n) is 10.9. The molecule has 6 heteroatoms. The number of piperidine rings is 1. The van der Waals surface area contributed by atoms with Gasteiger partial charge >= 0.3 is 0 Å². The molecule has 1 aromatic carbocycles. The van der Waals surface area contributed by atoms with E-state index in [1.54, 1.807) is 18.2 Å². The molecule has 1 aliphatic heterocycles. The molecule has 1 N–H and O–H groups in total. The highest BCUT2D eigenvalue weighted by molar-refractivity contribution is 6.35. The lowest BCUT2D eigenvalue weighted by molar-refractivity contribution is 0.359. The molecule has 0 amide bonds. The van der Waals surface area contributed by atoms with E-state index in [9.17, 15) is 4.79 Å². The van der Waals surface area contributed by atoms with Crippen LogP contribution in [-0.2, 0) is 6.54 Å². The van der Waals surface area contributed by atoms with E-state index < -0.39 is 0 Å². The Balaban J connectivity index is 2.06. The molecule has 3 rings (SSSR count). The zero-order chi connectivity index (χ0) is 14.1. The average molecular weight is 312 g/mol. The zero-order valence-corrected chi connectivity index (χ0v) is 12.4. The number of benzene rings is 1. The molecular weight excluding hydrogens is 297 g/mol. The van der Waals surface area contributed by atoms with Crippen LogP contribution < -0.4 is 10.9 Å². The van der Waals surface area contributed by atoms with Crippen molar-refractivity contribution in [1.82, 2.24) is 14.9 Å². The van der Waals surface area contributed by atoms with Crippen LogP contribution in [0.15, 0.2) is 23.0 Å². The minimum Gasteiger partial charge on any atom is -0.312 e. The first-order valence-corrected chi connectivity index (χ1v) is 7.50. The van der Waals surface area contributed by atoms with E-state index >= 15 is 0 Å². The smallest absolute Gasteiger partial charge is 0.263 e. The van der Waals surface area contributed by atoms with Crippen LogP contribution in [0.4, 0.5) is 0 Å². The lowest BCUT2D eigenvalue weighted by atomic mass is 10.1. The maximum absolute atomic E-state index is 12.6. The highest BCUT2D eigenvalue weighted by Gasteiger charge is 2.17. The first kappa shape index (κ1) is 13.9. The van der Waals surface area contributed by atoms with Crippen LogP contribution in [0, 0.1) is 0 Å². The summed E-state index contributed by atoms with van der Waals surface area (Å²) in [5.74, 6) is 0. The van der Waals surface area contributed by atoms with Gasteiger partial charge in [-0.3, -0.25) is 9.36 Å². The molecule has 0 aliphatic carbocycles. The molecule has 0 saturated carbocycles. The Hall–Kier alpha value is -1.10. The molecule has 2 heterocycles. The molecule has 1 saturated heterocycles. The molecular formula is C14H15Cl2N3O. The molecule has 1 unspecified atom stereocenters. The van der Waals surface area contributed by atoms with Gasteiger partial charge in [-0.15, -0.1) is 0 Å². The van der Waals surface area contributed by atoms with Crippen molar-refractivity contribution in [2.24, 2.45) is 0 Å². The lowest BCUT2D eigenvalue weighted by Crippen LogP contribution is -2.40. The van der Waals surface area contributed by atoms with Gasteiger partial charge in [0.2, 0.25) is 5.28 Å². The fourth-order valence-electron chi connectivity index (χ4n) is 2.65. The van der Waals surface area contributed by atoms with E-state index in [1.165, 1.54) is 17.4 Å². The Morgan fingerprint density at radius 2 is 2.20 bits per heavy atom. The number of halogens is 2. The molecule has 0 spiro atoms. The molecule has 106 valence electrons. The van der Waals surface area contributed by atoms with Crippen molar-refractivity contribution in [3.8, 4) is 0 Å². The van der Waals surface area contributed by atoms with Gasteiger partial charge in [-0.1, -0.05) is 24.1 Å². The van der Waals surface area contributed by atoms with Gasteiger partial charge in [0.15, 0.2) is 0 Å². The number of aromatic nitrogens is 2. The van der Waals surface area contributed by atoms with Gasteiger partial charge < -0.3 is 5.32 Å². The minimum absolute atomic E-state index is 0.169. The Morgan fingerprint density at radius 1 is 1.35 bits per heavy atom. The summed E-state index contributed by atoms with van der Waals surface area (Å²) in [6.45, 7) is 1.52. The Morgan fingerprint density at radius 3 is 2.95 bits per heavy atom. The quantitative estimate of drug-likeness (QED) is 0.868. The van der Waals surface area contributed by atoms with Crippen LogP contribution in [0.3, 0.4) is 0 Å². The first-order valence-electron chi connectivity index (χ1n) is 6.75. The topological polar surface area (TPSA) is 46.9 Å². The molecule has 20 heavy (non-hydrogen) atoms. The number of hydrogen-bond acceptors (Lipinski definition) is 3. The molecule has 1 atom stereocenters. The van der Waals surface area contributed by atoms with Crippen molar-refractivity contribution in [2.75, 3.05) is 6.54 Å². The van der Waals surface area contributed by atoms with Gasteiger partial charge in [0.05, 0.1) is 15.9 Å². The molecule has 1 aliphatic rings. The fraction of sp³-hybridized carbons (Fsp3) is 0.429. The third-order valence-electron chi connectivity index (χ3n) is 3.70. The van der Waals surface area contributed by atoms with Crippen molar-refractivity contribution in [3.63, 3.8) is 0 Å². The van der Waals surface area contributed by atoms with Gasteiger partial charge in [0.1, 0.15) is 0 Å². The number of fused-ring (bicyclic) bond motifs is 1. The second-order valence-electron chi connectivity index (χ2n) is 5.08. The minimum atomic E-state index is -0.169. The molecule has 1 aromatic heterocycles. The van der Waals surface area contributed by atoms with Gasteiger partial charge in [0, 0.05) is 12.6 Å². The summed E-state index contributed by atoms with van der Waals surface area (Å²) in [4.78, 5) is 16.8. The number of nitrogens with zero attached hydrogens (tertiary/aromatic N) is 2. The predicted molar refractivity (Wildman–Crippen MR) is 81.7 cm³/mol. The third-order valence-corrected chi connectivity index (χ3v) is 4.30. The van der Waals surface area contributed by atoms with E-state index in [-0.39, 0.29) is 16.9 Å². The van der Waals surface area contributed by atoms with Gasteiger partial charge in [-0.2, -0.15) is 0 Å². The van der Waals surface area contributed by atoms with Crippen molar-refractivity contribution in [1.29, 1.82) is 0 Å². The number of nitrogens with one attached hydrogen (secondary N) is 1. The summed E-state index contributed by atoms with van der Waals surface area (Å²) < 4.78 is 1.51. The van der Waals surface area contributed by atoms with Crippen LogP contribution in [-0.4, -0.2) is 22.1 Å². The van der Waals surface area contributed by atoms with Gasteiger partial charge in [0.25, 0.3) is 5.56 Å². The normalized spacial score (nSPS) is 19.4. The molecule has 0 bridgehead atoms. The van der Waals surface area contributed by atoms with E-state index in [2.05, 4.69) is 10.3 Å². The largest absolute Gasteiger partial charge is 0.312 e. The second kappa shape index (κ2) is 5.72. The van der Waals surface area contributed by atoms with Crippen molar-refractivity contribution in [3.05, 3.63) is 38.9 Å². The first-order chi connectivity index (χ1) is 9.66. The maximum atomic E-state index is 12.6. The molecule has 4 nitrogen and oxygen atoms in total. The van der Waals surface area contributed by atoms with Crippen molar-refractivity contribution >= 4 is 34.1 Å². The van der Waals surface area contributed by atoms with E-state index in [4.69, 9.17) is 23.2 Å². The Labute approximate surface area is 126 Å². The summed E-state index contributed by atoms with van der Waals surface area (Å²) in [6, 6.07) is 5.48. The average Bonchev–Trinajstić information content (AvgIpc) is 2.44. The van der Waals surface area contributed by atoms with Crippen molar-refractivity contribution in [2.45, 2.75) is 31.8 Å². The Bertz CT molecular complexity index is 693. The summed E-state index contributed by atoms with van der Waals surface area (Å²) in [5.41, 5.74) is 0.373. The van der Waals surface area contributed by atoms with E-state index in [1.807, 2.05) is 0 Å². The maximum Gasteiger partial charge on any atom is 0.263 e. The van der Waals surface area contributed by atoms with Crippen LogP contribution >= 0.6 is 23.2 Å². The van der Waals surface area contributed by atoms with Gasteiger partial charge in [-0.25, -0.2) is 4.98 Å². The third kappa shape index (κ3) is 2.55. The summed E-state index contributed by atoms with van der Waals surface area (Å²) >= 11 is 12.3. The standard InChI is InChI=1S/C14H15Cl2N3O/c15-10-5-3-6-11-12(10)13(20)19(14(16)18-11)8-9-4-1-2-7-17-9/h3,5-6,9,17H,1-2,4,7-8H2. The van der Waals surface area contributed by atoms with Crippen LogP contribution in [0.5, 0.6) is 0 Å². The summed E-state index contributed by atoms with van der Waals surface area (Å²) in [6.07, 6.45) is 3.40. The number of rotatable bonds is 2.